The Morgan fingerprint density at radius 1 is 1.16 bits per heavy atom. The predicted molar refractivity (Wildman–Crippen MR) is 102 cm³/mol. The fourth-order valence-corrected chi connectivity index (χ4v) is 3.04. The van der Waals surface area contributed by atoms with E-state index in [-0.39, 0.29) is 5.91 Å². The van der Waals surface area contributed by atoms with Gasteiger partial charge in [0.25, 0.3) is 0 Å². The van der Waals surface area contributed by atoms with Crippen LogP contribution in [0.2, 0.25) is 0 Å². The van der Waals surface area contributed by atoms with E-state index in [4.69, 9.17) is 4.74 Å². The average Bonchev–Trinajstić information content (AvgIpc) is 3.08. The van der Waals surface area contributed by atoms with E-state index in [0.29, 0.717) is 13.2 Å². The molecule has 6 heteroatoms. The Hall–Kier alpha value is -2.86. The molecule has 0 aliphatic rings. The fraction of sp³-hybridized carbons (Fsp3) is 0.158. The van der Waals surface area contributed by atoms with Gasteiger partial charge in [0.2, 0.25) is 5.91 Å². The molecule has 1 amide bonds. The molecule has 0 radical (unpaired) electrons. The van der Waals surface area contributed by atoms with Gasteiger partial charge in [-0.1, -0.05) is 36.4 Å². The van der Waals surface area contributed by atoms with Crippen molar-refractivity contribution in [3.05, 3.63) is 60.0 Å². The highest BCUT2D eigenvalue weighted by molar-refractivity contribution is 7.14. The van der Waals surface area contributed by atoms with Gasteiger partial charge in [0.05, 0.1) is 12.2 Å². The number of nitrogens with zero attached hydrogens (tertiary/aromatic N) is 1. The first-order chi connectivity index (χ1) is 12.2. The van der Waals surface area contributed by atoms with Crippen LogP contribution in [-0.2, 0) is 4.79 Å². The van der Waals surface area contributed by atoms with Crippen LogP contribution in [0.4, 0.5) is 10.8 Å². The van der Waals surface area contributed by atoms with Crippen molar-refractivity contribution < 1.29 is 9.53 Å². The van der Waals surface area contributed by atoms with Gasteiger partial charge in [0.15, 0.2) is 5.13 Å². The van der Waals surface area contributed by atoms with E-state index in [9.17, 15) is 4.79 Å². The zero-order chi connectivity index (χ0) is 17.5. The van der Waals surface area contributed by atoms with E-state index >= 15 is 0 Å². The molecule has 0 aliphatic carbocycles. The maximum Gasteiger partial charge on any atom is 0.221 e. The molecule has 5 nitrogen and oxygen atoms in total. The number of rotatable bonds is 7. The van der Waals surface area contributed by atoms with Crippen molar-refractivity contribution in [3.8, 4) is 17.0 Å². The van der Waals surface area contributed by atoms with E-state index in [2.05, 4.69) is 15.6 Å². The van der Waals surface area contributed by atoms with Crippen LogP contribution in [0.15, 0.2) is 60.0 Å². The Morgan fingerprint density at radius 2 is 2.00 bits per heavy atom. The lowest BCUT2D eigenvalue weighted by atomic mass is 10.2. The van der Waals surface area contributed by atoms with Crippen LogP contribution in [0, 0.1) is 0 Å². The van der Waals surface area contributed by atoms with Gasteiger partial charge in [-0.2, -0.15) is 0 Å². The first kappa shape index (κ1) is 17.0. The van der Waals surface area contributed by atoms with E-state index in [1.807, 2.05) is 53.9 Å². The molecule has 0 saturated heterocycles. The first-order valence-corrected chi connectivity index (χ1v) is 8.84. The van der Waals surface area contributed by atoms with E-state index in [1.165, 1.54) is 6.92 Å². The second-order valence-electron chi connectivity index (χ2n) is 5.39. The molecule has 3 aromatic rings. The second-order valence-corrected chi connectivity index (χ2v) is 6.25. The summed E-state index contributed by atoms with van der Waals surface area (Å²) in [6.07, 6.45) is 0. The minimum absolute atomic E-state index is 0.100. The topological polar surface area (TPSA) is 63.2 Å². The molecule has 0 atom stereocenters. The fourth-order valence-electron chi connectivity index (χ4n) is 2.29. The molecule has 1 heterocycles. The standard InChI is InChI=1S/C19H19N3O2S/c1-14(23)21-16-8-5-9-17(12-16)24-11-10-20-19-22-18(13-25-19)15-6-3-2-4-7-15/h2-9,12-13H,10-11H2,1H3,(H,20,22)(H,21,23). The summed E-state index contributed by atoms with van der Waals surface area (Å²) >= 11 is 1.57. The molecular weight excluding hydrogens is 334 g/mol. The van der Waals surface area contributed by atoms with Gasteiger partial charge in [-0.05, 0) is 12.1 Å². The summed E-state index contributed by atoms with van der Waals surface area (Å²) in [4.78, 5) is 15.7. The van der Waals surface area contributed by atoms with Crippen LogP contribution in [0.5, 0.6) is 5.75 Å². The summed E-state index contributed by atoms with van der Waals surface area (Å²) in [5, 5.41) is 8.91. The summed E-state index contributed by atoms with van der Waals surface area (Å²) in [7, 11) is 0. The maximum atomic E-state index is 11.1. The summed E-state index contributed by atoms with van der Waals surface area (Å²) in [6, 6.07) is 17.4. The Bertz CT molecular complexity index is 833. The first-order valence-electron chi connectivity index (χ1n) is 7.96. The third kappa shape index (κ3) is 5.06. The molecule has 0 saturated carbocycles. The maximum absolute atomic E-state index is 11.1. The number of hydrogen-bond acceptors (Lipinski definition) is 5. The lowest BCUT2D eigenvalue weighted by Gasteiger charge is -2.08. The SMILES string of the molecule is CC(=O)Nc1cccc(OCCNc2nc(-c3ccccc3)cs2)c1. The molecule has 128 valence electrons. The number of thiazole rings is 1. The second kappa shape index (κ2) is 8.30. The Kier molecular flexibility index (Phi) is 5.64. The largest absolute Gasteiger partial charge is 0.492 e. The number of hydrogen-bond donors (Lipinski definition) is 2. The quantitative estimate of drug-likeness (QED) is 0.623. The van der Waals surface area contributed by atoms with Gasteiger partial charge < -0.3 is 15.4 Å². The van der Waals surface area contributed by atoms with Gasteiger partial charge in [-0.25, -0.2) is 4.98 Å². The smallest absolute Gasteiger partial charge is 0.221 e. The van der Waals surface area contributed by atoms with E-state index < -0.39 is 0 Å². The molecular formula is C19H19N3O2S. The zero-order valence-electron chi connectivity index (χ0n) is 13.9. The van der Waals surface area contributed by atoms with Gasteiger partial charge >= 0.3 is 0 Å². The Morgan fingerprint density at radius 3 is 2.80 bits per heavy atom. The van der Waals surface area contributed by atoms with Crippen LogP contribution in [-0.4, -0.2) is 24.0 Å². The van der Waals surface area contributed by atoms with Gasteiger partial charge in [0.1, 0.15) is 12.4 Å². The van der Waals surface area contributed by atoms with Crippen LogP contribution in [0.1, 0.15) is 6.92 Å². The highest BCUT2D eigenvalue weighted by Crippen LogP contribution is 2.24. The molecule has 1 aromatic heterocycles. The lowest BCUT2D eigenvalue weighted by Crippen LogP contribution is -2.11. The monoisotopic (exact) mass is 353 g/mol. The van der Waals surface area contributed by atoms with Crippen LogP contribution >= 0.6 is 11.3 Å². The Labute approximate surface area is 150 Å². The summed E-state index contributed by atoms with van der Waals surface area (Å²) in [5.74, 6) is 0.619. The number of aromatic nitrogens is 1. The molecule has 25 heavy (non-hydrogen) atoms. The number of benzene rings is 2. The molecule has 0 fully saturated rings. The van der Waals surface area contributed by atoms with Crippen LogP contribution in [0.25, 0.3) is 11.3 Å². The van der Waals surface area contributed by atoms with Crippen molar-refractivity contribution in [2.24, 2.45) is 0 Å². The third-order valence-electron chi connectivity index (χ3n) is 3.38. The highest BCUT2D eigenvalue weighted by atomic mass is 32.1. The molecule has 3 rings (SSSR count). The summed E-state index contributed by atoms with van der Waals surface area (Å²) in [5.41, 5.74) is 2.81. The highest BCUT2D eigenvalue weighted by Gasteiger charge is 2.04. The van der Waals surface area contributed by atoms with Crippen molar-refractivity contribution in [3.63, 3.8) is 0 Å². The predicted octanol–water partition coefficient (Wildman–Crippen LogP) is 4.26. The van der Waals surface area contributed by atoms with Crippen molar-refractivity contribution in [2.75, 3.05) is 23.8 Å². The van der Waals surface area contributed by atoms with Crippen molar-refractivity contribution in [2.45, 2.75) is 6.92 Å². The minimum Gasteiger partial charge on any atom is -0.492 e. The number of carbonyl (C=O) groups excluding carboxylic acids is 1. The number of carbonyl (C=O) groups is 1. The van der Waals surface area contributed by atoms with Crippen molar-refractivity contribution >= 4 is 28.1 Å². The average molecular weight is 353 g/mol. The minimum atomic E-state index is -0.100. The summed E-state index contributed by atoms with van der Waals surface area (Å²) < 4.78 is 5.70. The molecule has 0 unspecified atom stereocenters. The normalized spacial score (nSPS) is 10.3. The van der Waals surface area contributed by atoms with Gasteiger partial charge in [-0.3, -0.25) is 4.79 Å². The third-order valence-corrected chi connectivity index (χ3v) is 4.18. The number of nitrogens with one attached hydrogen (secondary N) is 2. The summed E-state index contributed by atoms with van der Waals surface area (Å²) in [6.45, 7) is 2.63. The molecule has 2 aromatic carbocycles. The van der Waals surface area contributed by atoms with Crippen LogP contribution in [0.3, 0.4) is 0 Å². The molecule has 0 bridgehead atoms. The number of amides is 1. The molecule has 0 spiro atoms. The van der Waals surface area contributed by atoms with Gasteiger partial charge in [-0.15, -0.1) is 11.3 Å². The van der Waals surface area contributed by atoms with Crippen molar-refractivity contribution in [1.29, 1.82) is 0 Å². The van der Waals surface area contributed by atoms with E-state index in [1.54, 1.807) is 17.4 Å². The number of anilines is 2. The molecule has 0 aliphatic heterocycles. The van der Waals surface area contributed by atoms with Crippen molar-refractivity contribution in [1.82, 2.24) is 4.98 Å². The molecule has 2 N–H and O–H groups in total. The van der Waals surface area contributed by atoms with E-state index in [0.717, 1.165) is 27.8 Å². The van der Waals surface area contributed by atoms with Crippen LogP contribution < -0.4 is 15.4 Å². The zero-order valence-corrected chi connectivity index (χ0v) is 14.7. The number of ether oxygens (including phenoxy) is 1. The Balaban J connectivity index is 1.48. The van der Waals surface area contributed by atoms with Gasteiger partial charge in [0, 0.05) is 29.6 Å². The lowest BCUT2D eigenvalue weighted by molar-refractivity contribution is -0.114.